The summed E-state index contributed by atoms with van der Waals surface area (Å²) in [6.07, 6.45) is 0.786. The number of amides is 1. The maximum absolute atomic E-state index is 13.2. The van der Waals surface area contributed by atoms with Gasteiger partial charge in [-0.2, -0.15) is 0 Å². The Kier molecular flexibility index (Phi) is 5.06. The van der Waals surface area contributed by atoms with Crippen LogP contribution < -0.4 is 9.62 Å². The normalized spacial score (nSPS) is 15.8. The molecular weight excluding hydrogens is 408 g/mol. The summed E-state index contributed by atoms with van der Waals surface area (Å²) in [7, 11) is -3.73. The van der Waals surface area contributed by atoms with Crippen molar-refractivity contribution < 1.29 is 13.2 Å². The van der Waals surface area contributed by atoms with Crippen LogP contribution in [0.5, 0.6) is 0 Å². The monoisotopic (exact) mass is 426 g/mol. The molecule has 0 unspecified atom stereocenters. The second kappa shape index (κ2) is 7.54. The second-order valence-corrected chi connectivity index (χ2v) is 9.06. The Labute approximate surface area is 175 Å². The van der Waals surface area contributed by atoms with Crippen molar-refractivity contribution in [2.24, 2.45) is 0 Å². The van der Waals surface area contributed by atoms with Gasteiger partial charge in [0.1, 0.15) is 0 Å². The van der Waals surface area contributed by atoms with Crippen molar-refractivity contribution in [3.8, 4) is 0 Å². The zero-order valence-corrected chi connectivity index (χ0v) is 17.2. The molecular formula is C22H19ClN2O3S. The number of carbonyl (C=O) groups excluding carboxylic acids is 1. The van der Waals surface area contributed by atoms with Crippen molar-refractivity contribution in [1.82, 2.24) is 0 Å². The van der Waals surface area contributed by atoms with E-state index in [1.807, 2.05) is 31.2 Å². The number of fused-ring (bicyclic) bond motifs is 1. The smallest absolute Gasteiger partial charge is 0.261 e. The van der Waals surface area contributed by atoms with Gasteiger partial charge >= 0.3 is 0 Å². The van der Waals surface area contributed by atoms with E-state index in [1.54, 1.807) is 35.2 Å². The van der Waals surface area contributed by atoms with Crippen LogP contribution in [0.3, 0.4) is 0 Å². The summed E-state index contributed by atoms with van der Waals surface area (Å²) in [5, 5.41) is 0.194. The summed E-state index contributed by atoms with van der Waals surface area (Å²) in [5.74, 6) is -0.204. The Bertz CT molecular complexity index is 1180. The molecule has 1 heterocycles. The van der Waals surface area contributed by atoms with E-state index >= 15 is 0 Å². The van der Waals surface area contributed by atoms with Gasteiger partial charge in [-0.1, -0.05) is 48.0 Å². The van der Waals surface area contributed by atoms with Gasteiger partial charge in [0.2, 0.25) is 0 Å². The molecule has 3 aromatic carbocycles. The summed E-state index contributed by atoms with van der Waals surface area (Å²) in [5.41, 5.74) is 2.63. The van der Waals surface area contributed by atoms with Crippen LogP contribution in [-0.4, -0.2) is 20.4 Å². The van der Waals surface area contributed by atoms with Crippen molar-refractivity contribution in [2.75, 3.05) is 9.62 Å². The summed E-state index contributed by atoms with van der Waals surface area (Å²) in [6.45, 7) is 1.99. The summed E-state index contributed by atoms with van der Waals surface area (Å²) < 4.78 is 27.5. The first-order valence-electron chi connectivity index (χ1n) is 9.16. The van der Waals surface area contributed by atoms with Crippen LogP contribution in [0, 0.1) is 0 Å². The predicted octanol–water partition coefficient (Wildman–Crippen LogP) is 4.73. The lowest BCUT2D eigenvalue weighted by atomic mass is 10.1. The Morgan fingerprint density at radius 2 is 1.72 bits per heavy atom. The standard InChI is InChI=1S/C22H19ClN2O3S/c1-15-13-16-7-5-6-10-21(16)25(15)22(26)19-12-11-17(14-20(19)23)24-29(27,28)18-8-3-2-4-9-18/h2-12,14-15,24H,13H2,1H3/t15-/m0/s1. The number of carbonyl (C=O) groups is 1. The minimum absolute atomic E-state index is 0.0206. The highest BCUT2D eigenvalue weighted by Gasteiger charge is 2.32. The minimum Gasteiger partial charge on any atom is -0.305 e. The largest absolute Gasteiger partial charge is 0.305 e. The van der Waals surface area contributed by atoms with Crippen molar-refractivity contribution in [3.05, 3.63) is 88.9 Å². The molecule has 0 bridgehead atoms. The van der Waals surface area contributed by atoms with Gasteiger partial charge in [0.05, 0.1) is 21.2 Å². The van der Waals surface area contributed by atoms with Gasteiger partial charge in [-0.25, -0.2) is 8.42 Å². The fourth-order valence-corrected chi connectivity index (χ4v) is 4.90. The SMILES string of the molecule is C[C@H]1Cc2ccccc2N1C(=O)c1ccc(NS(=O)(=O)c2ccccc2)cc1Cl. The highest BCUT2D eigenvalue weighted by atomic mass is 35.5. The zero-order valence-electron chi connectivity index (χ0n) is 15.7. The average molecular weight is 427 g/mol. The highest BCUT2D eigenvalue weighted by molar-refractivity contribution is 7.92. The van der Waals surface area contributed by atoms with Gasteiger partial charge in [0.25, 0.3) is 15.9 Å². The Morgan fingerprint density at radius 3 is 2.45 bits per heavy atom. The molecule has 1 atom stereocenters. The molecule has 1 aliphatic rings. The molecule has 5 nitrogen and oxygen atoms in total. The lowest BCUT2D eigenvalue weighted by Crippen LogP contribution is -2.35. The molecule has 0 saturated heterocycles. The average Bonchev–Trinajstić information content (AvgIpc) is 3.03. The molecule has 7 heteroatoms. The zero-order chi connectivity index (χ0) is 20.6. The number of nitrogens with one attached hydrogen (secondary N) is 1. The molecule has 148 valence electrons. The van der Waals surface area contributed by atoms with Gasteiger partial charge in [-0.3, -0.25) is 9.52 Å². The molecule has 29 heavy (non-hydrogen) atoms. The summed E-state index contributed by atoms with van der Waals surface area (Å²) in [4.78, 5) is 15.1. The van der Waals surface area contributed by atoms with Crippen molar-refractivity contribution in [3.63, 3.8) is 0 Å². The maximum atomic E-state index is 13.2. The molecule has 1 N–H and O–H groups in total. The van der Waals surface area contributed by atoms with E-state index in [0.29, 0.717) is 11.3 Å². The van der Waals surface area contributed by atoms with Crippen LogP contribution in [0.2, 0.25) is 5.02 Å². The van der Waals surface area contributed by atoms with Gasteiger partial charge in [0, 0.05) is 11.7 Å². The predicted molar refractivity (Wildman–Crippen MR) is 115 cm³/mol. The number of hydrogen-bond acceptors (Lipinski definition) is 3. The van der Waals surface area contributed by atoms with Crippen LogP contribution in [0.15, 0.2) is 77.7 Å². The molecule has 0 aliphatic carbocycles. The number of sulfonamides is 1. The van der Waals surface area contributed by atoms with E-state index in [1.165, 1.54) is 18.2 Å². The second-order valence-electron chi connectivity index (χ2n) is 6.97. The lowest BCUT2D eigenvalue weighted by Gasteiger charge is -2.23. The molecule has 1 amide bonds. The first kappa shape index (κ1) is 19.5. The maximum Gasteiger partial charge on any atom is 0.261 e. The number of para-hydroxylation sites is 1. The van der Waals surface area contributed by atoms with Crippen molar-refractivity contribution in [2.45, 2.75) is 24.3 Å². The van der Waals surface area contributed by atoms with Gasteiger partial charge in [-0.05, 0) is 55.3 Å². The van der Waals surface area contributed by atoms with Crippen LogP contribution in [0.4, 0.5) is 11.4 Å². The van der Waals surface area contributed by atoms with E-state index in [-0.39, 0.29) is 21.9 Å². The minimum atomic E-state index is -3.73. The van der Waals surface area contributed by atoms with Crippen molar-refractivity contribution in [1.29, 1.82) is 0 Å². The fraction of sp³-hybridized carbons (Fsp3) is 0.136. The van der Waals surface area contributed by atoms with Gasteiger partial charge < -0.3 is 4.90 Å². The number of anilines is 2. The van der Waals surface area contributed by atoms with E-state index in [2.05, 4.69) is 4.72 Å². The third-order valence-electron chi connectivity index (χ3n) is 4.93. The van der Waals surface area contributed by atoms with Gasteiger partial charge in [-0.15, -0.1) is 0 Å². The molecule has 1 aliphatic heterocycles. The Balaban J connectivity index is 1.61. The molecule has 0 aromatic heterocycles. The number of rotatable bonds is 4. The molecule has 0 radical (unpaired) electrons. The third kappa shape index (κ3) is 3.73. The Hall–Kier alpha value is -2.83. The molecule has 4 rings (SSSR count). The molecule has 0 saturated carbocycles. The lowest BCUT2D eigenvalue weighted by molar-refractivity contribution is 0.0981. The van der Waals surface area contributed by atoms with Crippen LogP contribution >= 0.6 is 11.6 Å². The number of benzene rings is 3. The number of hydrogen-bond donors (Lipinski definition) is 1. The quantitative estimate of drug-likeness (QED) is 0.655. The number of nitrogens with zero attached hydrogens (tertiary/aromatic N) is 1. The first-order valence-corrected chi connectivity index (χ1v) is 11.0. The van der Waals surface area contributed by atoms with Crippen LogP contribution in [0.25, 0.3) is 0 Å². The van der Waals surface area contributed by atoms with Gasteiger partial charge in [0.15, 0.2) is 0 Å². The summed E-state index contributed by atoms with van der Waals surface area (Å²) in [6, 6.07) is 20.4. The summed E-state index contributed by atoms with van der Waals surface area (Å²) >= 11 is 6.37. The van der Waals surface area contributed by atoms with Crippen LogP contribution in [0.1, 0.15) is 22.8 Å². The van der Waals surface area contributed by atoms with E-state index < -0.39 is 10.0 Å². The molecule has 0 spiro atoms. The van der Waals surface area contributed by atoms with Crippen molar-refractivity contribution >= 4 is 38.9 Å². The van der Waals surface area contributed by atoms with E-state index in [4.69, 9.17) is 11.6 Å². The molecule has 0 fully saturated rings. The first-order chi connectivity index (χ1) is 13.9. The van der Waals surface area contributed by atoms with E-state index in [0.717, 1.165) is 17.7 Å². The fourth-order valence-electron chi connectivity index (χ4n) is 3.57. The van der Waals surface area contributed by atoms with E-state index in [9.17, 15) is 13.2 Å². The topological polar surface area (TPSA) is 66.5 Å². The third-order valence-corrected chi connectivity index (χ3v) is 6.64. The number of halogens is 1. The Morgan fingerprint density at radius 1 is 1.03 bits per heavy atom. The molecule has 3 aromatic rings. The highest BCUT2D eigenvalue weighted by Crippen LogP contribution is 2.34. The van der Waals surface area contributed by atoms with Crippen LogP contribution in [-0.2, 0) is 16.4 Å².